The first kappa shape index (κ1) is 24.4. The van der Waals surface area contributed by atoms with E-state index in [0.29, 0.717) is 11.3 Å². The minimum absolute atomic E-state index is 0. The van der Waals surface area contributed by atoms with Crippen LogP contribution in [0.5, 0.6) is 5.75 Å². The molecule has 0 bridgehead atoms. The van der Waals surface area contributed by atoms with Crippen LogP contribution < -0.4 is 32.4 Å². The number of benzene rings is 2. The van der Waals surface area contributed by atoms with Crippen LogP contribution in [0.25, 0.3) is 11.1 Å². The zero-order valence-electron chi connectivity index (χ0n) is 16.8. The molecular formula is C20H23Cl2F3N6O. The van der Waals surface area contributed by atoms with Crippen LogP contribution in [0.2, 0.25) is 5.02 Å². The fraction of sp³-hybridized carbons (Fsp3) is 0.350. The summed E-state index contributed by atoms with van der Waals surface area (Å²) in [5.41, 5.74) is 15.9. The predicted molar refractivity (Wildman–Crippen MR) is 119 cm³/mol. The largest absolute Gasteiger partial charge is 0.489 e. The summed E-state index contributed by atoms with van der Waals surface area (Å²) < 4.78 is 47.7. The highest BCUT2D eigenvalue weighted by atomic mass is 35.5. The summed E-state index contributed by atoms with van der Waals surface area (Å²) in [6, 6.07) is 8.69. The average molecular weight is 491 g/mol. The summed E-state index contributed by atoms with van der Waals surface area (Å²) in [7, 11) is 0. The Morgan fingerprint density at radius 3 is 2.47 bits per heavy atom. The van der Waals surface area contributed by atoms with Gasteiger partial charge in [-0.2, -0.15) is 18.6 Å². The van der Waals surface area contributed by atoms with E-state index < -0.39 is 17.5 Å². The molecule has 4 rings (SSSR count). The molecule has 2 aliphatic heterocycles. The Bertz CT molecular complexity index is 996. The van der Waals surface area contributed by atoms with E-state index in [4.69, 9.17) is 27.8 Å². The number of nitrogens with two attached hydrogens (primary N) is 2. The first-order valence-electron chi connectivity index (χ1n) is 9.72. The van der Waals surface area contributed by atoms with Crippen molar-refractivity contribution >= 4 is 30.0 Å². The maximum atomic E-state index is 13.9. The highest BCUT2D eigenvalue weighted by Gasteiger charge is 2.39. The van der Waals surface area contributed by atoms with Crippen molar-refractivity contribution in [2.45, 2.75) is 30.9 Å². The molecule has 7 N–H and O–H groups in total. The summed E-state index contributed by atoms with van der Waals surface area (Å²) in [5, 5.41) is 3.14. The molecule has 0 spiro atoms. The minimum atomic E-state index is -4.67. The van der Waals surface area contributed by atoms with Gasteiger partial charge in [-0.1, -0.05) is 23.7 Å². The van der Waals surface area contributed by atoms with Crippen molar-refractivity contribution in [1.29, 1.82) is 0 Å². The van der Waals surface area contributed by atoms with Gasteiger partial charge in [-0.25, -0.2) is 4.99 Å². The molecule has 2 atom stereocenters. The van der Waals surface area contributed by atoms with E-state index in [9.17, 15) is 13.2 Å². The molecule has 2 aromatic carbocycles. The molecular weight excluding hydrogens is 468 g/mol. The lowest BCUT2D eigenvalue weighted by Gasteiger charge is -2.25. The monoisotopic (exact) mass is 490 g/mol. The van der Waals surface area contributed by atoms with E-state index in [2.05, 4.69) is 21.2 Å². The zero-order chi connectivity index (χ0) is 22.2. The lowest BCUT2D eigenvalue weighted by molar-refractivity contribution is -0.137. The Morgan fingerprint density at radius 1 is 1.19 bits per heavy atom. The van der Waals surface area contributed by atoms with Crippen molar-refractivity contribution in [2.24, 2.45) is 16.5 Å². The average Bonchev–Trinajstić information content (AvgIpc) is 3.08. The second kappa shape index (κ2) is 9.32. The maximum Gasteiger partial charge on any atom is 0.417 e. The maximum absolute atomic E-state index is 13.9. The number of hydrogen-bond acceptors (Lipinski definition) is 7. The van der Waals surface area contributed by atoms with E-state index in [0.717, 1.165) is 32.0 Å². The van der Waals surface area contributed by atoms with Gasteiger partial charge in [0, 0.05) is 22.7 Å². The van der Waals surface area contributed by atoms with E-state index in [1.165, 1.54) is 6.07 Å². The first-order chi connectivity index (χ1) is 14.7. The summed E-state index contributed by atoms with van der Waals surface area (Å²) in [6.45, 7) is 1.70. The summed E-state index contributed by atoms with van der Waals surface area (Å²) in [6.07, 6.45) is -2.69. The van der Waals surface area contributed by atoms with Crippen molar-refractivity contribution in [3.63, 3.8) is 0 Å². The number of nitrogens with zero attached hydrogens (tertiary/aromatic N) is 1. The second-order valence-electron chi connectivity index (χ2n) is 7.50. The van der Waals surface area contributed by atoms with Crippen LogP contribution in [-0.2, 0) is 12.0 Å². The van der Waals surface area contributed by atoms with Crippen LogP contribution in [0.15, 0.2) is 41.4 Å². The first-order valence-corrected chi connectivity index (χ1v) is 10.1. The molecule has 0 amide bonds. The number of hydrogen-bond donors (Lipinski definition) is 5. The molecule has 2 heterocycles. The quantitative estimate of drug-likeness (QED) is 0.450. The van der Waals surface area contributed by atoms with Gasteiger partial charge in [-0.15, -0.1) is 12.4 Å². The SMILES string of the molecule is Cl.NC1=NC(N)(c2cc(Cl)c(-c3ccc(OC4CCCNC4)cc3)c(C(F)(F)F)c2)NN1. The highest BCUT2D eigenvalue weighted by molar-refractivity contribution is 6.33. The topological polar surface area (TPSA) is 110 Å². The van der Waals surface area contributed by atoms with Crippen LogP contribution in [0.4, 0.5) is 13.2 Å². The number of guanidine groups is 1. The third kappa shape index (κ3) is 5.05. The smallest absolute Gasteiger partial charge is 0.417 e. The highest BCUT2D eigenvalue weighted by Crippen LogP contribution is 2.43. The van der Waals surface area contributed by atoms with Gasteiger partial charge in [0.15, 0.2) is 0 Å². The van der Waals surface area contributed by atoms with E-state index in [1.807, 2.05) is 0 Å². The van der Waals surface area contributed by atoms with Crippen molar-refractivity contribution in [3.8, 4) is 16.9 Å². The van der Waals surface area contributed by atoms with E-state index in [-0.39, 0.29) is 40.6 Å². The van der Waals surface area contributed by atoms with Gasteiger partial charge < -0.3 is 15.8 Å². The number of alkyl halides is 3. The zero-order valence-corrected chi connectivity index (χ0v) is 18.4. The van der Waals surface area contributed by atoms with Gasteiger partial charge in [0.25, 0.3) is 0 Å². The van der Waals surface area contributed by atoms with Crippen LogP contribution in [0, 0.1) is 0 Å². The van der Waals surface area contributed by atoms with Gasteiger partial charge in [-0.3, -0.25) is 11.2 Å². The van der Waals surface area contributed by atoms with Gasteiger partial charge >= 0.3 is 6.18 Å². The lowest BCUT2D eigenvalue weighted by Crippen LogP contribution is -2.50. The number of hydrazine groups is 1. The molecule has 2 unspecified atom stereocenters. The molecule has 0 aromatic heterocycles. The number of halogens is 5. The molecule has 2 aliphatic rings. The van der Waals surface area contributed by atoms with Gasteiger partial charge in [0.2, 0.25) is 11.7 Å². The lowest BCUT2D eigenvalue weighted by atomic mass is 9.95. The normalized spacial score (nSPS) is 23.2. The van der Waals surface area contributed by atoms with Gasteiger partial charge in [0.05, 0.1) is 5.56 Å². The fourth-order valence-electron chi connectivity index (χ4n) is 3.70. The van der Waals surface area contributed by atoms with Crippen LogP contribution in [0.1, 0.15) is 24.0 Å². The molecule has 2 aromatic rings. The minimum Gasteiger partial charge on any atom is -0.489 e. The molecule has 32 heavy (non-hydrogen) atoms. The number of piperidine rings is 1. The van der Waals surface area contributed by atoms with Crippen molar-refractivity contribution in [3.05, 3.63) is 52.5 Å². The molecule has 0 radical (unpaired) electrons. The standard InChI is InChI=1S/C20H22ClF3N6O.ClH/c21-16-9-12(20(26)28-18(25)29-30-20)8-15(19(22,23)24)17(16)11-3-5-13(6-4-11)31-14-2-1-7-27-10-14;/h3-6,8-9,14,27,30H,1-2,7,10,26H2,(H3,25,28,29);1H. The molecule has 0 saturated carbocycles. The Labute approximate surface area is 194 Å². The number of ether oxygens (including phenoxy) is 1. The van der Waals surface area contributed by atoms with Crippen LogP contribution in [-0.4, -0.2) is 25.2 Å². The summed E-state index contributed by atoms with van der Waals surface area (Å²) >= 11 is 6.32. The summed E-state index contributed by atoms with van der Waals surface area (Å²) in [5.74, 6) is -1.12. The van der Waals surface area contributed by atoms with E-state index in [1.54, 1.807) is 24.3 Å². The van der Waals surface area contributed by atoms with E-state index >= 15 is 0 Å². The molecule has 1 fully saturated rings. The molecule has 1 saturated heterocycles. The fourth-order valence-corrected chi connectivity index (χ4v) is 4.03. The summed E-state index contributed by atoms with van der Waals surface area (Å²) in [4.78, 5) is 3.93. The Kier molecular flexibility index (Phi) is 7.11. The van der Waals surface area contributed by atoms with Crippen molar-refractivity contribution < 1.29 is 17.9 Å². The second-order valence-corrected chi connectivity index (χ2v) is 7.91. The van der Waals surface area contributed by atoms with Crippen LogP contribution in [0.3, 0.4) is 0 Å². The van der Waals surface area contributed by atoms with Crippen molar-refractivity contribution in [1.82, 2.24) is 16.2 Å². The number of rotatable bonds is 4. The Morgan fingerprint density at radius 2 is 1.91 bits per heavy atom. The molecule has 0 aliphatic carbocycles. The third-order valence-electron chi connectivity index (χ3n) is 5.21. The predicted octanol–water partition coefficient (Wildman–Crippen LogP) is 3.07. The number of aliphatic imine (C=N–C) groups is 1. The third-order valence-corrected chi connectivity index (χ3v) is 5.51. The van der Waals surface area contributed by atoms with Crippen molar-refractivity contribution in [2.75, 3.05) is 13.1 Å². The van der Waals surface area contributed by atoms with Gasteiger partial charge in [-0.05, 0) is 49.2 Å². The number of nitrogens with one attached hydrogen (secondary N) is 3. The Balaban J connectivity index is 0.00000289. The molecule has 174 valence electrons. The molecule has 12 heteroatoms. The van der Waals surface area contributed by atoms with Crippen LogP contribution >= 0.6 is 24.0 Å². The Hall–Kier alpha value is -2.24. The molecule has 7 nitrogen and oxygen atoms in total. The van der Waals surface area contributed by atoms with Gasteiger partial charge in [0.1, 0.15) is 11.9 Å².